The second kappa shape index (κ2) is 5.35. The summed E-state index contributed by atoms with van der Waals surface area (Å²) in [6.07, 6.45) is 0. The van der Waals surface area contributed by atoms with Crippen molar-refractivity contribution in [3.05, 3.63) is 44.0 Å². The largest absolute Gasteiger partial charge is 0.287 e. The Morgan fingerprint density at radius 2 is 1.56 bits per heavy atom. The van der Waals surface area contributed by atoms with Gasteiger partial charge in [-0.05, 0) is 20.8 Å². The summed E-state index contributed by atoms with van der Waals surface area (Å²) in [6.45, 7) is 5.38. The molecule has 1 rings (SSSR count). The molecule has 0 amide bonds. The zero-order valence-corrected chi connectivity index (χ0v) is 10.3. The molecule has 7 nitrogen and oxygen atoms in total. The standard InChI is InChI=1S/C11H13N3O4/c1-7(2)12-8(3)9-4-10(13(15)16)6-11(5-9)14(17)18/h4-7H,1-3H3. The number of non-ortho nitro benzene ring substituents is 2. The molecule has 1 aromatic rings. The van der Waals surface area contributed by atoms with Crippen LogP contribution in [0, 0.1) is 20.2 Å². The Hall–Kier alpha value is -2.31. The molecule has 0 saturated heterocycles. The molecule has 96 valence electrons. The highest BCUT2D eigenvalue weighted by Crippen LogP contribution is 2.23. The minimum Gasteiger partial charge on any atom is -0.287 e. The van der Waals surface area contributed by atoms with E-state index in [0.29, 0.717) is 11.3 Å². The summed E-state index contributed by atoms with van der Waals surface area (Å²) in [6, 6.07) is 3.53. The van der Waals surface area contributed by atoms with Gasteiger partial charge in [-0.3, -0.25) is 25.2 Å². The smallest absolute Gasteiger partial charge is 0.276 e. The molecule has 7 heteroatoms. The summed E-state index contributed by atoms with van der Waals surface area (Å²) < 4.78 is 0. The van der Waals surface area contributed by atoms with E-state index in [2.05, 4.69) is 4.99 Å². The average Bonchev–Trinajstić information content (AvgIpc) is 2.27. The van der Waals surface area contributed by atoms with Crippen LogP contribution in [0.5, 0.6) is 0 Å². The molecule has 0 heterocycles. The van der Waals surface area contributed by atoms with E-state index in [1.807, 2.05) is 13.8 Å². The van der Waals surface area contributed by atoms with Gasteiger partial charge in [0.15, 0.2) is 0 Å². The summed E-state index contributed by atoms with van der Waals surface area (Å²) in [5.41, 5.74) is 0.316. The van der Waals surface area contributed by atoms with Gasteiger partial charge < -0.3 is 0 Å². The first-order valence-corrected chi connectivity index (χ1v) is 5.30. The second-order valence-corrected chi connectivity index (χ2v) is 4.06. The Morgan fingerprint density at radius 1 is 1.11 bits per heavy atom. The molecule has 1 aromatic carbocycles. The normalized spacial score (nSPS) is 11.7. The molecular formula is C11H13N3O4. The number of nitro groups is 2. The van der Waals surface area contributed by atoms with E-state index in [-0.39, 0.29) is 17.4 Å². The van der Waals surface area contributed by atoms with E-state index in [9.17, 15) is 20.2 Å². The predicted molar refractivity (Wildman–Crippen MR) is 67.1 cm³/mol. The molecule has 0 N–H and O–H groups in total. The van der Waals surface area contributed by atoms with Crippen molar-refractivity contribution in [3.8, 4) is 0 Å². The topological polar surface area (TPSA) is 98.6 Å². The molecule has 0 atom stereocenters. The van der Waals surface area contributed by atoms with Crippen molar-refractivity contribution in [2.75, 3.05) is 0 Å². The van der Waals surface area contributed by atoms with Gasteiger partial charge >= 0.3 is 0 Å². The van der Waals surface area contributed by atoms with Crippen LogP contribution in [0.15, 0.2) is 23.2 Å². The number of hydrogen-bond acceptors (Lipinski definition) is 5. The molecule has 0 bridgehead atoms. The highest BCUT2D eigenvalue weighted by atomic mass is 16.6. The number of nitro benzene ring substituents is 2. The van der Waals surface area contributed by atoms with Crippen LogP contribution in [-0.4, -0.2) is 21.6 Å². The number of nitrogens with zero attached hydrogens (tertiary/aromatic N) is 3. The van der Waals surface area contributed by atoms with E-state index in [4.69, 9.17) is 0 Å². The van der Waals surface area contributed by atoms with Gasteiger partial charge in [0.05, 0.1) is 15.9 Å². The zero-order valence-electron chi connectivity index (χ0n) is 10.3. The van der Waals surface area contributed by atoms with Crippen molar-refractivity contribution < 1.29 is 9.85 Å². The predicted octanol–water partition coefficient (Wildman–Crippen LogP) is 2.72. The maximum absolute atomic E-state index is 10.7. The molecule has 0 aliphatic rings. The number of aliphatic imine (C=N–C) groups is 1. The average molecular weight is 251 g/mol. The van der Waals surface area contributed by atoms with Gasteiger partial charge in [-0.15, -0.1) is 0 Å². The molecular weight excluding hydrogens is 238 g/mol. The lowest BCUT2D eigenvalue weighted by Gasteiger charge is -2.03. The summed E-state index contributed by atoms with van der Waals surface area (Å²) in [5.74, 6) is 0. The molecule has 0 aliphatic carbocycles. The van der Waals surface area contributed by atoms with Crippen LogP contribution in [0.4, 0.5) is 11.4 Å². The Labute approximate surface area is 103 Å². The number of rotatable bonds is 4. The van der Waals surface area contributed by atoms with Crippen LogP contribution < -0.4 is 0 Å². The van der Waals surface area contributed by atoms with Gasteiger partial charge in [0.25, 0.3) is 11.4 Å². The van der Waals surface area contributed by atoms with Gasteiger partial charge in [0, 0.05) is 29.4 Å². The first-order chi connectivity index (χ1) is 8.31. The van der Waals surface area contributed by atoms with Crippen LogP contribution in [0.1, 0.15) is 26.3 Å². The maximum atomic E-state index is 10.7. The first-order valence-electron chi connectivity index (χ1n) is 5.30. The Morgan fingerprint density at radius 3 is 1.89 bits per heavy atom. The lowest BCUT2D eigenvalue weighted by Crippen LogP contribution is -2.03. The van der Waals surface area contributed by atoms with Gasteiger partial charge in [-0.2, -0.15) is 0 Å². The fourth-order valence-electron chi connectivity index (χ4n) is 1.48. The molecule has 0 fully saturated rings. The van der Waals surface area contributed by atoms with Crippen molar-refractivity contribution in [2.45, 2.75) is 26.8 Å². The van der Waals surface area contributed by atoms with E-state index in [1.165, 1.54) is 12.1 Å². The van der Waals surface area contributed by atoms with E-state index in [1.54, 1.807) is 6.92 Å². The van der Waals surface area contributed by atoms with Gasteiger partial charge in [-0.1, -0.05) is 0 Å². The van der Waals surface area contributed by atoms with Crippen molar-refractivity contribution in [3.63, 3.8) is 0 Å². The third kappa shape index (κ3) is 3.34. The SMILES string of the molecule is CC(=NC(C)C)c1cc([N+](=O)[O-])cc([N+](=O)[O-])c1. The minimum absolute atomic E-state index is 0.0170. The lowest BCUT2D eigenvalue weighted by molar-refractivity contribution is -0.394. The third-order valence-electron chi connectivity index (χ3n) is 2.19. The lowest BCUT2D eigenvalue weighted by atomic mass is 10.1. The fraction of sp³-hybridized carbons (Fsp3) is 0.364. The zero-order chi connectivity index (χ0) is 13.9. The molecule has 0 unspecified atom stereocenters. The second-order valence-electron chi connectivity index (χ2n) is 4.06. The first kappa shape index (κ1) is 13.8. The Kier molecular flexibility index (Phi) is 4.09. The molecule has 0 spiro atoms. The number of hydrogen-bond donors (Lipinski definition) is 0. The van der Waals surface area contributed by atoms with Crippen LogP contribution in [0.25, 0.3) is 0 Å². The summed E-state index contributed by atoms with van der Waals surface area (Å²) >= 11 is 0. The highest BCUT2D eigenvalue weighted by molar-refractivity contribution is 5.99. The van der Waals surface area contributed by atoms with Crippen molar-refractivity contribution in [1.82, 2.24) is 0 Å². The molecule has 18 heavy (non-hydrogen) atoms. The van der Waals surface area contributed by atoms with E-state index >= 15 is 0 Å². The molecule has 0 aromatic heterocycles. The van der Waals surface area contributed by atoms with Crippen molar-refractivity contribution >= 4 is 17.1 Å². The van der Waals surface area contributed by atoms with Crippen molar-refractivity contribution in [2.24, 2.45) is 4.99 Å². The Balaban J connectivity index is 3.36. The van der Waals surface area contributed by atoms with E-state index < -0.39 is 9.85 Å². The highest BCUT2D eigenvalue weighted by Gasteiger charge is 2.17. The van der Waals surface area contributed by atoms with Gasteiger partial charge in [0.2, 0.25) is 0 Å². The van der Waals surface area contributed by atoms with Crippen LogP contribution in [0.2, 0.25) is 0 Å². The maximum Gasteiger partial charge on any atom is 0.276 e. The number of benzene rings is 1. The quantitative estimate of drug-likeness (QED) is 0.466. The molecule has 0 saturated carbocycles. The monoisotopic (exact) mass is 251 g/mol. The van der Waals surface area contributed by atoms with Gasteiger partial charge in [0.1, 0.15) is 0 Å². The third-order valence-corrected chi connectivity index (χ3v) is 2.19. The Bertz CT molecular complexity index is 491. The molecule has 0 radical (unpaired) electrons. The minimum atomic E-state index is -0.654. The van der Waals surface area contributed by atoms with Crippen molar-refractivity contribution in [1.29, 1.82) is 0 Å². The molecule has 0 aliphatic heterocycles. The van der Waals surface area contributed by atoms with Crippen LogP contribution in [-0.2, 0) is 0 Å². The van der Waals surface area contributed by atoms with Crippen LogP contribution in [0.3, 0.4) is 0 Å². The summed E-state index contributed by atoms with van der Waals surface area (Å²) in [5, 5.41) is 21.4. The fourth-order valence-corrected chi connectivity index (χ4v) is 1.48. The summed E-state index contributed by atoms with van der Waals surface area (Å²) in [7, 11) is 0. The summed E-state index contributed by atoms with van der Waals surface area (Å²) in [4.78, 5) is 24.3. The van der Waals surface area contributed by atoms with E-state index in [0.717, 1.165) is 6.07 Å². The van der Waals surface area contributed by atoms with Gasteiger partial charge in [-0.25, -0.2) is 0 Å². The van der Waals surface area contributed by atoms with Crippen LogP contribution >= 0.6 is 0 Å².